The average molecular weight is 147 g/mol. The fraction of sp³-hybridized carbons (Fsp3) is 0.300. The van der Waals surface area contributed by atoms with Crippen LogP contribution in [0.2, 0.25) is 0 Å². The molecule has 0 saturated carbocycles. The van der Waals surface area contributed by atoms with Crippen molar-refractivity contribution in [1.29, 1.82) is 0 Å². The highest BCUT2D eigenvalue weighted by atomic mass is 14.7. The molecule has 0 saturated heterocycles. The smallest absolute Gasteiger partial charge is 0.0505 e. The summed E-state index contributed by atoms with van der Waals surface area (Å²) in [4.78, 5) is 0. The van der Waals surface area contributed by atoms with Gasteiger partial charge in [-0.2, -0.15) is 0 Å². The Morgan fingerprint density at radius 2 is 2.27 bits per heavy atom. The third-order valence-corrected chi connectivity index (χ3v) is 1.50. The first-order valence-electron chi connectivity index (χ1n) is 3.69. The molecule has 0 radical (unpaired) electrons. The van der Waals surface area contributed by atoms with Gasteiger partial charge in [-0.15, -0.1) is 5.73 Å². The molecule has 0 aliphatic heterocycles. The van der Waals surface area contributed by atoms with E-state index in [9.17, 15) is 0 Å². The van der Waals surface area contributed by atoms with E-state index < -0.39 is 0 Å². The zero-order valence-corrected chi connectivity index (χ0v) is 6.96. The molecule has 1 nitrogen and oxygen atoms in total. The highest BCUT2D eigenvalue weighted by molar-refractivity contribution is 5.29. The lowest BCUT2D eigenvalue weighted by atomic mass is 9.99. The Bertz CT molecular complexity index is 261. The third-order valence-electron chi connectivity index (χ3n) is 1.50. The maximum Gasteiger partial charge on any atom is 0.0505 e. The number of allylic oxidation sites excluding steroid dienone is 3. The highest BCUT2D eigenvalue weighted by Gasteiger charge is 2.09. The molecule has 0 bridgehead atoms. The molecule has 0 aromatic rings. The van der Waals surface area contributed by atoms with Crippen molar-refractivity contribution in [2.24, 2.45) is 5.73 Å². The van der Waals surface area contributed by atoms with Gasteiger partial charge in [0.05, 0.1) is 5.54 Å². The first kappa shape index (κ1) is 8.06. The average Bonchev–Trinajstić information content (AvgIpc) is 1.82. The van der Waals surface area contributed by atoms with Crippen molar-refractivity contribution in [2.45, 2.75) is 19.4 Å². The molecule has 0 fully saturated rings. The van der Waals surface area contributed by atoms with E-state index in [-0.39, 0.29) is 5.54 Å². The van der Waals surface area contributed by atoms with Gasteiger partial charge in [-0.25, -0.2) is 0 Å². The van der Waals surface area contributed by atoms with Crippen molar-refractivity contribution in [3.63, 3.8) is 0 Å². The molecular formula is C10H13N. The molecule has 11 heavy (non-hydrogen) atoms. The van der Waals surface area contributed by atoms with Gasteiger partial charge in [-0.3, -0.25) is 0 Å². The van der Waals surface area contributed by atoms with Crippen LogP contribution in [-0.2, 0) is 0 Å². The Balaban J connectivity index is 3.03. The highest BCUT2D eigenvalue weighted by Crippen LogP contribution is 2.09. The minimum atomic E-state index is -0.320. The number of hydrogen-bond acceptors (Lipinski definition) is 1. The lowest BCUT2D eigenvalue weighted by Gasteiger charge is -2.15. The third kappa shape index (κ3) is 2.58. The van der Waals surface area contributed by atoms with Crippen LogP contribution in [0, 0.1) is 0 Å². The lowest BCUT2D eigenvalue weighted by Crippen LogP contribution is -2.31. The topological polar surface area (TPSA) is 26.0 Å². The number of nitrogens with two attached hydrogens (primary N) is 1. The van der Waals surface area contributed by atoms with E-state index in [2.05, 4.69) is 5.73 Å². The van der Waals surface area contributed by atoms with Crippen LogP contribution in [0.25, 0.3) is 0 Å². The maximum absolute atomic E-state index is 5.91. The van der Waals surface area contributed by atoms with Crippen LogP contribution in [0.15, 0.2) is 41.7 Å². The van der Waals surface area contributed by atoms with Gasteiger partial charge in [-0.1, -0.05) is 18.2 Å². The van der Waals surface area contributed by atoms with E-state index in [1.54, 1.807) is 0 Å². The minimum Gasteiger partial charge on any atom is -0.319 e. The molecule has 1 rings (SSSR count). The molecule has 2 N–H and O–H groups in total. The molecular weight excluding hydrogens is 134 g/mol. The van der Waals surface area contributed by atoms with Gasteiger partial charge in [-0.05, 0) is 31.6 Å². The molecule has 58 valence electrons. The zero-order chi connectivity index (χ0) is 8.32. The van der Waals surface area contributed by atoms with Crippen LogP contribution in [0.4, 0.5) is 0 Å². The summed E-state index contributed by atoms with van der Waals surface area (Å²) in [6, 6.07) is 0. The normalized spacial score (nSPS) is 37.2. The summed E-state index contributed by atoms with van der Waals surface area (Å²) in [5.74, 6) is 0. The van der Waals surface area contributed by atoms with E-state index in [0.717, 1.165) is 5.57 Å². The SMILES string of the molecule is C/C1=C/C(C)(N)/C=C\C=C=C1. The molecule has 1 heteroatoms. The predicted octanol–water partition coefficient (Wildman–Crippen LogP) is 1.93. The molecule has 0 spiro atoms. The largest absolute Gasteiger partial charge is 0.319 e. The number of rotatable bonds is 0. The van der Waals surface area contributed by atoms with Gasteiger partial charge in [0.25, 0.3) is 0 Å². The van der Waals surface area contributed by atoms with Crippen LogP contribution in [0.1, 0.15) is 13.8 Å². The minimum absolute atomic E-state index is 0.320. The summed E-state index contributed by atoms with van der Waals surface area (Å²) in [7, 11) is 0. The van der Waals surface area contributed by atoms with Crippen LogP contribution < -0.4 is 5.73 Å². The second kappa shape index (κ2) is 2.91. The quantitative estimate of drug-likeness (QED) is 0.520. The van der Waals surface area contributed by atoms with Crippen LogP contribution >= 0.6 is 0 Å². The van der Waals surface area contributed by atoms with E-state index in [0.29, 0.717) is 0 Å². The van der Waals surface area contributed by atoms with Crippen molar-refractivity contribution in [3.05, 3.63) is 41.7 Å². The van der Waals surface area contributed by atoms with Crippen molar-refractivity contribution in [2.75, 3.05) is 0 Å². The molecule has 1 aliphatic carbocycles. The van der Waals surface area contributed by atoms with Gasteiger partial charge in [0.1, 0.15) is 0 Å². The van der Waals surface area contributed by atoms with E-state index in [1.165, 1.54) is 0 Å². The molecule has 0 aromatic carbocycles. The Kier molecular flexibility index (Phi) is 2.13. The van der Waals surface area contributed by atoms with E-state index in [1.807, 2.05) is 44.2 Å². The fourth-order valence-corrected chi connectivity index (χ4v) is 1.07. The molecule has 0 heterocycles. The first-order valence-corrected chi connectivity index (χ1v) is 3.69. The fourth-order valence-electron chi connectivity index (χ4n) is 1.07. The summed E-state index contributed by atoms with van der Waals surface area (Å²) < 4.78 is 0. The van der Waals surface area contributed by atoms with E-state index in [4.69, 9.17) is 5.73 Å². The molecule has 1 unspecified atom stereocenters. The van der Waals surface area contributed by atoms with Crippen molar-refractivity contribution in [3.8, 4) is 0 Å². The first-order chi connectivity index (χ1) is 5.10. The standard InChI is InChI=1S/C10H13N/c1-9-6-4-3-5-7-10(2,11)8-9/h3,5-8H,11H2,1-2H3/b7-5-,9-8-. The maximum atomic E-state index is 5.91. The molecule has 1 atom stereocenters. The zero-order valence-electron chi connectivity index (χ0n) is 6.96. The molecule has 0 aromatic heterocycles. The predicted molar refractivity (Wildman–Crippen MR) is 48.1 cm³/mol. The lowest BCUT2D eigenvalue weighted by molar-refractivity contribution is 0.730. The number of hydrogen-bond donors (Lipinski definition) is 1. The Labute approximate surface area is 67.6 Å². The van der Waals surface area contributed by atoms with Crippen molar-refractivity contribution in [1.82, 2.24) is 0 Å². The summed E-state index contributed by atoms with van der Waals surface area (Å²) in [5, 5.41) is 0. The van der Waals surface area contributed by atoms with Crippen LogP contribution in [0.3, 0.4) is 0 Å². The summed E-state index contributed by atoms with van der Waals surface area (Å²) in [6.07, 6.45) is 9.68. The summed E-state index contributed by atoms with van der Waals surface area (Å²) in [6.45, 7) is 3.99. The molecule has 1 aliphatic rings. The van der Waals surface area contributed by atoms with Crippen LogP contribution in [-0.4, -0.2) is 5.54 Å². The Morgan fingerprint density at radius 3 is 3.00 bits per heavy atom. The van der Waals surface area contributed by atoms with Crippen molar-refractivity contribution < 1.29 is 0 Å². The van der Waals surface area contributed by atoms with Crippen molar-refractivity contribution >= 4 is 0 Å². The summed E-state index contributed by atoms with van der Waals surface area (Å²) >= 11 is 0. The second-order valence-electron chi connectivity index (χ2n) is 3.09. The Morgan fingerprint density at radius 1 is 1.55 bits per heavy atom. The van der Waals surface area contributed by atoms with Gasteiger partial charge < -0.3 is 5.73 Å². The van der Waals surface area contributed by atoms with Gasteiger partial charge in [0, 0.05) is 0 Å². The van der Waals surface area contributed by atoms with Crippen LogP contribution in [0.5, 0.6) is 0 Å². The van der Waals surface area contributed by atoms with Gasteiger partial charge >= 0.3 is 0 Å². The summed E-state index contributed by atoms with van der Waals surface area (Å²) in [5.41, 5.74) is 9.75. The van der Waals surface area contributed by atoms with Gasteiger partial charge in [0.15, 0.2) is 0 Å². The van der Waals surface area contributed by atoms with E-state index >= 15 is 0 Å². The molecule has 0 amide bonds. The Hall–Kier alpha value is -1.04. The second-order valence-corrected chi connectivity index (χ2v) is 3.09. The van der Waals surface area contributed by atoms with Gasteiger partial charge in [0.2, 0.25) is 0 Å². The monoisotopic (exact) mass is 147 g/mol.